The Morgan fingerprint density at radius 3 is 2.18 bits per heavy atom. The smallest absolute Gasteiger partial charge is 0.267 e. The van der Waals surface area contributed by atoms with Gasteiger partial charge < -0.3 is 16.4 Å². The van der Waals surface area contributed by atoms with E-state index in [1.54, 1.807) is 0 Å². The largest absolute Gasteiger partial charge is 0.394 e. The lowest BCUT2D eigenvalue weighted by atomic mass is 10.4. The number of carbonyl (C=O) groups is 2. The minimum atomic E-state index is -0.464. The summed E-state index contributed by atoms with van der Waals surface area (Å²) in [7, 11) is 2.89. The third-order valence-corrected chi connectivity index (χ3v) is 1.02. The molecule has 0 aromatic carbocycles. The van der Waals surface area contributed by atoms with E-state index in [1.165, 1.54) is 14.1 Å². The van der Waals surface area contributed by atoms with Crippen LogP contribution in [0.1, 0.15) is 0 Å². The second-order valence-electron chi connectivity index (χ2n) is 1.79. The molecule has 0 rings (SSSR count). The van der Waals surface area contributed by atoms with Crippen LogP contribution in [0.4, 0.5) is 0 Å². The first kappa shape index (κ1) is 9.48. The quantitative estimate of drug-likeness (QED) is 0.419. The zero-order chi connectivity index (χ0) is 8.85. The Bertz CT molecular complexity index is 198. The molecule has 0 aromatic heterocycles. The van der Waals surface area contributed by atoms with Crippen LogP contribution in [0.25, 0.3) is 0 Å². The van der Waals surface area contributed by atoms with E-state index in [2.05, 4.69) is 10.6 Å². The lowest BCUT2D eigenvalue weighted by Crippen LogP contribution is -2.27. The fourth-order valence-electron chi connectivity index (χ4n) is 0.423. The molecule has 0 fully saturated rings. The second-order valence-corrected chi connectivity index (χ2v) is 1.79. The Hall–Kier alpha value is -1.52. The molecule has 0 aliphatic rings. The fourth-order valence-corrected chi connectivity index (χ4v) is 0.423. The standard InChI is InChI=1S/C6H11N3O2/c1-8-5(10)3-4(7)6(11)9-2/h3H,7H2,1-2H3,(H,8,10)(H,9,11). The third kappa shape index (κ3) is 3.24. The first-order valence-electron chi connectivity index (χ1n) is 3.02. The van der Waals surface area contributed by atoms with E-state index < -0.39 is 11.8 Å². The Balaban J connectivity index is 4.21. The summed E-state index contributed by atoms with van der Waals surface area (Å²) < 4.78 is 0. The number of likely N-dealkylation sites (N-methyl/N-ethyl adjacent to an activating group) is 2. The summed E-state index contributed by atoms with van der Waals surface area (Å²) in [5.41, 5.74) is 5.09. The Morgan fingerprint density at radius 2 is 1.82 bits per heavy atom. The van der Waals surface area contributed by atoms with Crippen LogP contribution in [0.5, 0.6) is 0 Å². The Kier molecular flexibility index (Phi) is 3.72. The van der Waals surface area contributed by atoms with Crippen molar-refractivity contribution in [1.82, 2.24) is 10.6 Å². The molecule has 0 heterocycles. The van der Waals surface area contributed by atoms with Crippen molar-refractivity contribution in [1.29, 1.82) is 0 Å². The first-order chi connectivity index (χ1) is 5.11. The van der Waals surface area contributed by atoms with Crippen molar-refractivity contribution >= 4 is 11.8 Å². The van der Waals surface area contributed by atoms with Crippen LogP contribution in [-0.2, 0) is 9.59 Å². The van der Waals surface area contributed by atoms with E-state index in [0.29, 0.717) is 0 Å². The highest BCUT2D eigenvalue weighted by atomic mass is 16.2. The molecule has 0 bridgehead atoms. The highest BCUT2D eigenvalue weighted by Crippen LogP contribution is 1.81. The maximum absolute atomic E-state index is 10.7. The van der Waals surface area contributed by atoms with Crippen molar-refractivity contribution in [2.75, 3.05) is 14.1 Å². The van der Waals surface area contributed by atoms with Crippen molar-refractivity contribution in [3.8, 4) is 0 Å². The second kappa shape index (κ2) is 4.32. The molecule has 4 N–H and O–H groups in total. The van der Waals surface area contributed by atoms with E-state index >= 15 is 0 Å². The molecule has 11 heavy (non-hydrogen) atoms. The average Bonchev–Trinajstić information content (AvgIpc) is 2.02. The molecular weight excluding hydrogens is 146 g/mol. The highest BCUT2D eigenvalue weighted by molar-refractivity contribution is 5.99. The Labute approximate surface area is 64.6 Å². The van der Waals surface area contributed by atoms with Crippen LogP contribution in [0.3, 0.4) is 0 Å². The summed E-state index contributed by atoms with van der Waals surface area (Å²) in [5, 5.41) is 4.58. The number of nitrogens with two attached hydrogens (primary N) is 1. The van der Waals surface area contributed by atoms with Crippen LogP contribution in [-0.4, -0.2) is 25.9 Å². The summed E-state index contributed by atoms with van der Waals surface area (Å²) in [5.74, 6) is -0.861. The molecular formula is C6H11N3O2. The number of carbonyl (C=O) groups excluding carboxylic acids is 2. The summed E-state index contributed by atoms with van der Waals surface area (Å²) >= 11 is 0. The molecule has 0 aliphatic heterocycles. The van der Waals surface area contributed by atoms with Gasteiger partial charge >= 0.3 is 0 Å². The molecule has 0 aromatic rings. The van der Waals surface area contributed by atoms with Crippen LogP contribution in [0.15, 0.2) is 11.8 Å². The van der Waals surface area contributed by atoms with Gasteiger partial charge in [0.05, 0.1) is 0 Å². The van der Waals surface area contributed by atoms with Crippen molar-refractivity contribution in [2.45, 2.75) is 0 Å². The number of hydrogen-bond acceptors (Lipinski definition) is 3. The number of hydrogen-bond donors (Lipinski definition) is 3. The highest BCUT2D eigenvalue weighted by Gasteiger charge is 2.02. The minimum Gasteiger partial charge on any atom is -0.394 e. The molecule has 0 atom stereocenters. The van der Waals surface area contributed by atoms with Gasteiger partial charge in [0, 0.05) is 20.2 Å². The zero-order valence-electron chi connectivity index (χ0n) is 6.47. The molecule has 62 valence electrons. The first-order valence-corrected chi connectivity index (χ1v) is 3.02. The van der Waals surface area contributed by atoms with Crippen molar-refractivity contribution in [3.05, 3.63) is 11.8 Å². The molecule has 0 spiro atoms. The number of rotatable bonds is 2. The van der Waals surface area contributed by atoms with E-state index in [1.807, 2.05) is 0 Å². The van der Waals surface area contributed by atoms with Gasteiger partial charge in [-0.15, -0.1) is 0 Å². The van der Waals surface area contributed by atoms with E-state index in [0.717, 1.165) is 6.08 Å². The van der Waals surface area contributed by atoms with Gasteiger partial charge in [-0.05, 0) is 0 Å². The van der Waals surface area contributed by atoms with E-state index in [-0.39, 0.29) is 5.70 Å². The zero-order valence-corrected chi connectivity index (χ0v) is 6.47. The normalized spacial score (nSPS) is 10.5. The van der Waals surface area contributed by atoms with Crippen LogP contribution in [0.2, 0.25) is 0 Å². The van der Waals surface area contributed by atoms with E-state index in [4.69, 9.17) is 5.73 Å². The van der Waals surface area contributed by atoms with Crippen molar-refractivity contribution in [2.24, 2.45) is 5.73 Å². The molecule has 5 heteroatoms. The molecule has 0 saturated heterocycles. The summed E-state index contributed by atoms with van der Waals surface area (Å²) in [6.07, 6.45) is 1.03. The van der Waals surface area contributed by atoms with Crippen LogP contribution in [0, 0.1) is 0 Å². The Morgan fingerprint density at radius 1 is 1.27 bits per heavy atom. The summed E-state index contributed by atoms with van der Waals surface area (Å²) in [6.45, 7) is 0. The summed E-state index contributed by atoms with van der Waals surface area (Å²) in [4.78, 5) is 21.3. The predicted molar refractivity (Wildman–Crippen MR) is 40.4 cm³/mol. The maximum Gasteiger partial charge on any atom is 0.267 e. The van der Waals surface area contributed by atoms with Crippen LogP contribution < -0.4 is 16.4 Å². The predicted octanol–water partition coefficient (Wildman–Crippen LogP) is -1.68. The third-order valence-electron chi connectivity index (χ3n) is 1.02. The maximum atomic E-state index is 10.7. The number of nitrogens with one attached hydrogen (secondary N) is 2. The molecule has 0 saturated carbocycles. The summed E-state index contributed by atoms with van der Waals surface area (Å²) in [6, 6.07) is 0. The van der Waals surface area contributed by atoms with Gasteiger partial charge in [0.1, 0.15) is 5.70 Å². The van der Waals surface area contributed by atoms with Gasteiger partial charge in [0.25, 0.3) is 5.91 Å². The van der Waals surface area contributed by atoms with Crippen molar-refractivity contribution in [3.63, 3.8) is 0 Å². The minimum absolute atomic E-state index is 0.105. The van der Waals surface area contributed by atoms with Gasteiger partial charge in [-0.2, -0.15) is 0 Å². The van der Waals surface area contributed by atoms with Gasteiger partial charge in [-0.1, -0.05) is 0 Å². The number of amides is 2. The van der Waals surface area contributed by atoms with E-state index in [9.17, 15) is 9.59 Å². The molecule has 5 nitrogen and oxygen atoms in total. The molecule has 0 unspecified atom stereocenters. The molecule has 0 aliphatic carbocycles. The lowest BCUT2D eigenvalue weighted by molar-refractivity contribution is -0.119. The lowest BCUT2D eigenvalue weighted by Gasteiger charge is -1.97. The fraction of sp³-hybridized carbons (Fsp3) is 0.333. The van der Waals surface area contributed by atoms with Gasteiger partial charge in [-0.25, -0.2) is 0 Å². The monoisotopic (exact) mass is 157 g/mol. The van der Waals surface area contributed by atoms with Gasteiger partial charge in [0.2, 0.25) is 5.91 Å². The van der Waals surface area contributed by atoms with Gasteiger partial charge in [0.15, 0.2) is 0 Å². The van der Waals surface area contributed by atoms with Crippen molar-refractivity contribution < 1.29 is 9.59 Å². The SMILES string of the molecule is CNC(=O)C=C(N)C(=O)NC. The molecule has 0 radical (unpaired) electrons. The van der Waals surface area contributed by atoms with Crippen LogP contribution >= 0.6 is 0 Å². The topological polar surface area (TPSA) is 84.2 Å². The molecule has 2 amide bonds. The van der Waals surface area contributed by atoms with Gasteiger partial charge in [-0.3, -0.25) is 9.59 Å². The average molecular weight is 157 g/mol.